The summed E-state index contributed by atoms with van der Waals surface area (Å²) in [5.41, 5.74) is 2.58. The van der Waals surface area contributed by atoms with Crippen molar-refractivity contribution in [2.24, 2.45) is 5.92 Å². The molecule has 0 amide bonds. The van der Waals surface area contributed by atoms with Crippen molar-refractivity contribution in [2.45, 2.75) is 38.1 Å². The van der Waals surface area contributed by atoms with Gasteiger partial charge in [0.1, 0.15) is 23.1 Å². The molecule has 0 radical (unpaired) electrons. The van der Waals surface area contributed by atoms with E-state index >= 15 is 0 Å². The second-order valence-corrected chi connectivity index (χ2v) is 11.8. The van der Waals surface area contributed by atoms with Gasteiger partial charge in [-0.2, -0.15) is 10.4 Å². The van der Waals surface area contributed by atoms with Crippen molar-refractivity contribution in [2.75, 3.05) is 80.2 Å². The van der Waals surface area contributed by atoms with Gasteiger partial charge in [0.25, 0.3) is 0 Å². The third-order valence-corrected chi connectivity index (χ3v) is 9.06. The van der Waals surface area contributed by atoms with Gasteiger partial charge in [-0.25, -0.2) is 13.9 Å². The molecule has 4 atom stereocenters. The van der Waals surface area contributed by atoms with Crippen LogP contribution in [-0.4, -0.2) is 103 Å². The Labute approximate surface area is 239 Å². The number of pyridine rings is 2. The van der Waals surface area contributed by atoms with Crippen LogP contribution < -0.4 is 14.7 Å². The molecule has 0 aliphatic carbocycles. The maximum atomic E-state index is 14.7. The second kappa shape index (κ2) is 11.1. The summed E-state index contributed by atoms with van der Waals surface area (Å²) < 4.78 is 28.4. The van der Waals surface area contributed by atoms with Crippen LogP contribution in [0.1, 0.15) is 25.5 Å². The van der Waals surface area contributed by atoms with Crippen molar-refractivity contribution in [1.29, 1.82) is 5.26 Å². The molecule has 0 saturated carbocycles. The standard InChI is InChI=1S/C30H37FN8O2/c1-21-16-37(27-6-4-23(13-32)39-30(27)26(31)15-34-39)19-25(41-21)18-35-8-10-36(11-9-35)24-5-7-29(33-14-24)38-17-22-3-2-12-40-28(22)20-38/h4-7,14-15,21-22,25,28H,2-3,8-12,16-20H2,1H3/t21-,22-,25+,28-/m1/s1. The lowest BCUT2D eigenvalue weighted by molar-refractivity contribution is -0.0327. The van der Waals surface area contributed by atoms with Crippen molar-refractivity contribution in [3.8, 4) is 6.07 Å². The Balaban J connectivity index is 0.953. The summed E-state index contributed by atoms with van der Waals surface area (Å²) in [5.74, 6) is 1.27. The van der Waals surface area contributed by atoms with Crippen molar-refractivity contribution >= 4 is 22.7 Å². The minimum absolute atomic E-state index is 0.000982. The zero-order valence-corrected chi connectivity index (χ0v) is 23.5. The van der Waals surface area contributed by atoms with Gasteiger partial charge in [-0.1, -0.05) is 0 Å². The largest absolute Gasteiger partial charge is 0.376 e. The summed E-state index contributed by atoms with van der Waals surface area (Å²) in [6, 6.07) is 10.00. The minimum Gasteiger partial charge on any atom is -0.376 e. The van der Waals surface area contributed by atoms with E-state index < -0.39 is 5.82 Å². The van der Waals surface area contributed by atoms with Gasteiger partial charge in [0.2, 0.25) is 0 Å². The highest BCUT2D eigenvalue weighted by Gasteiger charge is 2.36. The number of nitrogens with zero attached hydrogens (tertiary/aromatic N) is 8. The zero-order chi connectivity index (χ0) is 27.9. The number of piperazine rings is 1. The molecule has 0 aromatic carbocycles. The highest BCUT2D eigenvalue weighted by molar-refractivity contribution is 5.74. The molecule has 3 aromatic rings. The Kier molecular flexibility index (Phi) is 7.15. The van der Waals surface area contributed by atoms with E-state index in [-0.39, 0.29) is 12.2 Å². The Morgan fingerprint density at radius 1 is 1.00 bits per heavy atom. The van der Waals surface area contributed by atoms with E-state index in [4.69, 9.17) is 14.5 Å². The van der Waals surface area contributed by atoms with Crippen molar-refractivity contribution < 1.29 is 13.9 Å². The fraction of sp³-hybridized carbons (Fsp3) is 0.567. The molecule has 11 heteroatoms. The number of halogens is 1. The van der Waals surface area contributed by atoms with E-state index in [1.807, 2.05) is 12.3 Å². The van der Waals surface area contributed by atoms with E-state index in [1.54, 1.807) is 6.07 Å². The zero-order valence-electron chi connectivity index (χ0n) is 23.5. The average molecular weight is 561 g/mol. The summed E-state index contributed by atoms with van der Waals surface area (Å²) in [5, 5.41) is 13.5. The van der Waals surface area contributed by atoms with E-state index in [9.17, 15) is 9.65 Å². The molecule has 216 valence electrons. The summed E-state index contributed by atoms with van der Waals surface area (Å²) >= 11 is 0. The van der Waals surface area contributed by atoms with Gasteiger partial charge < -0.3 is 24.2 Å². The van der Waals surface area contributed by atoms with Crippen molar-refractivity contribution in [1.82, 2.24) is 19.5 Å². The summed E-state index contributed by atoms with van der Waals surface area (Å²) in [4.78, 5) is 14.2. The molecule has 4 aliphatic rings. The Morgan fingerprint density at radius 2 is 1.88 bits per heavy atom. The van der Waals surface area contributed by atoms with Crippen LogP contribution in [0.25, 0.3) is 5.52 Å². The quantitative estimate of drug-likeness (QED) is 0.468. The lowest BCUT2D eigenvalue weighted by Crippen LogP contribution is -2.54. The number of ether oxygens (including phenoxy) is 2. The number of anilines is 3. The Morgan fingerprint density at radius 3 is 2.66 bits per heavy atom. The number of morpholine rings is 1. The van der Waals surface area contributed by atoms with Crippen LogP contribution in [0.2, 0.25) is 0 Å². The van der Waals surface area contributed by atoms with Crippen LogP contribution in [0, 0.1) is 23.1 Å². The first-order valence-corrected chi connectivity index (χ1v) is 14.8. The molecular formula is C30H37FN8O2. The Hall–Kier alpha value is -3.46. The first-order valence-electron chi connectivity index (χ1n) is 14.8. The first-order chi connectivity index (χ1) is 20.1. The highest BCUT2D eigenvalue weighted by atomic mass is 19.1. The second-order valence-electron chi connectivity index (χ2n) is 11.8. The molecule has 0 N–H and O–H groups in total. The topological polar surface area (TPSA) is 85.4 Å². The lowest BCUT2D eigenvalue weighted by atomic mass is 9.98. The molecule has 7 rings (SSSR count). The third-order valence-electron chi connectivity index (χ3n) is 9.06. The molecule has 41 heavy (non-hydrogen) atoms. The third kappa shape index (κ3) is 5.20. The number of fused-ring (bicyclic) bond motifs is 2. The number of hydrogen-bond acceptors (Lipinski definition) is 9. The van der Waals surface area contributed by atoms with E-state index in [0.29, 0.717) is 36.3 Å². The van der Waals surface area contributed by atoms with Crippen LogP contribution in [0.15, 0.2) is 36.7 Å². The monoisotopic (exact) mass is 560 g/mol. The molecule has 7 heterocycles. The van der Waals surface area contributed by atoms with Crippen LogP contribution in [-0.2, 0) is 9.47 Å². The molecule has 0 bridgehead atoms. The van der Waals surface area contributed by atoms with Gasteiger partial charge in [-0.15, -0.1) is 0 Å². The number of rotatable bonds is 5. The van der Waals surface area contributed by atoms with Gasteiger partial charge in [0.15, 0.2) is 5.82 Å². The number of nitriles is 1. The van der Waals surface area contributed by atoms with Crippen LogP contribution in [0.3, 0.4) is 0 Å². The van der Waals surface area contributed by atoms with Gasteiger partial charge in [0, 0.05) is 71.4 Å². The molecule has 4 aliphatic heterocycles. The van der Waals surface area contributed by atoms with Crippen molar-refractivity contribution in [3.63, 3.8) is 0 Å². The van der Waals surface area contributed by atoms with E-state index in [0.717, 1.165) is 63.9 Å². The molecule has 0 unspecified atom stereocenters. The maximum Gasteiger partial charge on any atom is 0.171 e. The van der Waals surface area contributed by atoms with Gasteiger partial charge in [0.05, 0.1) is 42.1 Å². The number of hydrogen-bond donors (Lipinski definition) is 0. The van der Waals surface area contributed by atoms with Gasteiger partial charge in [-0.3, -0.25) is 4.90 Å². The molecule has 4 saturated heterocycles. The van der Waals surface area contributed by atoms with Gasteiger partial charge >= 0.3 is 0 Å². The SMILES string of the molecule is C[C@@H]1CN(c2ccc(C#N)n3ncc(F)c23)C[C@H](CN2CCN(c3ccc(N4C[C@H]5CCCO[C@@H]5C4)nc3)CC2)O1. The smallest absolute Gasteiger partial charge is 0.171 e. The first kappa shape index (κ1) is 26.4. The Bertz CT molecular complexity index is 1400. The van der Waals surface area contributed by atoms with Crippen LogP contribution in [0.4, 0.5) is 21.6 Å². The minimum atomic E-state index is -0.418. The summed E-state index contributed by atoms with van der Waals surface area (Å²) in [6.07, 6.45) is 5.99. The van der Waals surface area contributed by atoms with Crippen LogP contribution >= 0.6 is 0 Å². The summed E-state index contributed by atoms with van der Waals surface area (Å²) in [6.45, 7) is 10.8. The lowest BCUT2D eigenvalue weighted by Gasteiger charge is -2.42. The van der Waals surface area contributed by atoms with Crippen LogP contribution in [0.5, 0.6) is 0 Å². The van der Waals surface area contributed by atoms with E-state index in [2.05, 4.69) is 49.8 Å². The van der Waals surface area contributed by atoms with Gasteiger partial charge in [-0.05, 0) is 44.0 Å². The predicted octanol–water partition coefficient (Wildman–Crippen LogP) is 2.77. The van der Waals surface area contributed by atoms with Crippen molar-refractivity contribution in [3.05, 3.63) is 48.2 Å². The predicted molar refractivity (Wildman–Crippen MR) is 154 cm³/mol. The maximum absolute atomic E-state index is 14.7. The fourth-order valence-electron chi connectivity index (χ4n) is 7.04. The number of aromatic nitrogens is 3. The molecule has 4 fully saturated rings. The fourth-order valence-corrected chi connectivity index (χ4v) is 7.04. The molecule has 3 aromatic heterocycles. The molecular weight excluding hydrogens is 523 g/mol. The molecule has 0 spiro atoms. The molecule has 10 nitrogen and oxygen atoms in total. The average Bonchev–Trinajstić information content (AvgIpc) is 3.61. The van der Waals surface area contributed by atoms with E-state index in [1.165, 1.54) is 29.2 Å². The normalized spacial score (nSPS) is 27.3. The summed E-state index contributed by atoms with van der Waals surface area (Å²) in [7, 11) is 0. The highest BCUT2D eigenvalue weighted by Crippen LogP contribution is 2.32.